The van der Waals surface area contributed by atoms with Crippen molar-refractivity contribution in [2.75, 3.05) is 12.4 Å². The van der Waals surface area contributed by atoms with Crippen molar-refractivity contribution in [3.63, 3.8) is 0 Å². The highest BCUT2D eigenvalue weighted by Gasteiger charge is 2.23. The number of rotatable bonds is 2. The zero-order valence-corrected chi connectivity index (χ0v) is 10.6. The fraction of sp³-hybridized carbons (Fsp3) is 0.385. The standard InChI is InChI=1S/C13H17N5/c1-14-13-17-16-12(18(13)2)11-7-9-5-3-4-6-10(9)8-15-11/h3-6,11,15H,7-8H2,1-2H3,(H,14,17). The first kappa shape index (κ1) is 11.2. The molecule has 0 saturated carbocycles. The van der Waals surface area contributed by atoms with Crippen LogP contribution in [0.1, 0.15) is 23.0 Å². The van der Waals surface area contributed by atoms with E-state index in [2.05, 4.69) is 45.1 Å². The molecule has 1 atom stereocenters. The van der Waals surface area contributed by atoms with E-state index in [-0.39, 0.29) is 6.04 Å². The first-order chi connectivity index (χ1) is 8.79. The molecule has 0 radical (unpaired) electrons. The van der Waals surface area contributed by atoms with E-state index < -0.39 is 0 Å². The third-order valence-corrected chi connectivity index (χ3v) is 3.53. The minimum absolute atomic E-state index is 0.236. The van der Waals surface area contributed by atoms with E-state index in [0.29, 0.717) is 0 Å². The summed E-state index contributed by atoms with van der Waals surface area (Å²) in [6.07, 6.45) is 0.964. The minimum atomic E-state index is 0.236. The van der Waals surface area contributed by atoms with E-state index in [4.69, 9.17) is 0 Å². The Balaban J connectivity index is 1.89. The number of aromatic nitrogens is 3. The molecule has 0 saturated heterocycles. The summed E-state index contributed by atoms with van der Waals surface area (Å²) >= 11 is 0. The van der Waals surface area contributed by atoms with Gasteiger partial charge in [-0.15, -0.1) is 10.2 Å². The van der Waals surface area contributed by atoms with Gasteiger partial charge in [-0.3, -0.25) is 4.57 Å². The second-order valence-corrected chi connectivity index (χ2v) is 4.60. The highest BCUT2D eigenvalue weighted by Crippen LogP contribution is 2.25. The predicted molar refractivity (Wildman–Crippen MR) is 70.3 cm³/mol. The van der Waals surface area contributed by atoms with E-state index in [9.17, 15) is 0 Å². The lowest BCUT2D eigenvalue weighted by molar-refractivity contribution is 0.464. The van der Waals surface area contributed by atoms with Gasteiger partial charge in [-0.2, -0.15) is 0 Å². The molecule has 0 spiro atoms. The molecular formula is C13H17N5. The molecule has 5 nitrogen and oxygen atoms in total. The molecule has 0 amide bonds. The third kappa shape index (κ3) is 1.76. The summed E-state index contributed by atoms with van der Waals surface area (Å²) in [4.78, 5) is 0. The number of nitrogens with zero attached hydrogens (tertiary/aromatic N) is 3. The van der Waals surface area contributed by atoms with Gasteiger partial charge in [-0.1, -0.05) is 24.3 Å². The maximum Gasteiger partial charge on any atom is 0.224 e. The maximum atomic E-state index is 4.27. The summed E-state index contributed by atoms with van der Waals surface area (Å²) in [7, 11) is 3.85. The molecular weight excluding hydrogens is 226 g/mol. The number of benzene rings is 1. The van der Waals surface area contributed by atoms with E-state index in [1.165, 1.54) is 11.1 Å². The number of hydrogen-bond acceptors (Lipinski definition) is 4. The Bertz CT molecular complexity index is 560. The fourth-order valence-corrected chi connectivity index (χ4v) is 2.50. The van der Waals surface area contributed by atoms with Gasteiger partial charge in [0, 0.05) is 20.6 Å². The maximum absolute atomic E-state index is 4.27. The predicted octanol–water partition coefficient (Wildman–Crippen LogP) is 1.24. The third-order valence-electron chi connectivity index (χ3n) is 3.53. The van der Waals surface area contributed by atoms with Crippen molar-refractivity contribution in [1.29, 1.82) is 0 Å². The molecule has 1 aromatic carbocycles. The summed E-state index contributed by atoms with van der Waals surface area (Å²) in [5.41, 5.74) is 2.78. The lowest BCUT2D eigenvalue weighted by Gasteiger charge is -2.25. The average Bonchev–Trinajstić information content (AvgIpc) is 2.79. The fourth-order valence-electron chi connectivity index (χ4n) is 2.50. The van der Waals surface area contributed by atoms with Gasteiger partial charge < -0.3 is 10.6 Å². The van der Waals surface area contributed by atoms with Crippen LogP contribution in [0.25, 0.3) is 0 Å². The largest absolute Gasteiger partial charge is 0.357 e. The van der Waals surface area contributed by atoms with E-state index in [1.54, 1.807) is 0 Å². The zero-order valence-electron chi connectivity index (χ0n) is 10.6. The van der Waals surface area contributed by atoms with Crippen LogP contribution in [0.5, 0.6) is 0 Å². The molecule has 1 aliphatic rings. The first-order valence-corrected chi connectivity index (χ1v) is 6.17. The second kappa shape index (κ2) is 4.42. The lowest BCUT2D eigenvalue weighted by Crippen LogP contribution is -2.30. The number of fused-ring (bicyclic) bond motifs is 1. The van der Waals surface area contributed by atoms with Gasteiger partial charge in [0.05, 0.1) is 6.04 Å². The Kier molecular flexibility index (Phi) is 2.76. The Morgan fingerprint density at radius 2 is 2.06 bits per heavy atom. The molecule has 1 aliphatic heterocycles. The summed E-state index contributed by atoms with van der Waals surface area (Å²) in [6, 6.07) is 8.78. The van der Waals surface area contributed by atoms with Gasteiger partial charge in [-0.25, -0.2) is 0 Å². The van der Waals surface area contributed by atoms with Crippen molar-refractivity contribution in [2.45, 2.75) is 19.0 Å². The van der Waals surface area contributed by atoms with Crippen LogP contribution in [-0.4, -0.2) is 21.8 Å². The van der Waals surface area contributed by atoms with Crippen molar-refractivity contribution in [2.24, 2.45) is 7.05 Å². The highest BCUT2D eigenvalue weighted by molar-refractivity contribution is 5.32. The molecule has 3 rings (SSSR count). The Hall–Kier alpha value is -1.88. The molecule has 2 aromatic rings. The molecule has 1 unspecified atom stereocenters. The van der Waals surface area contributed by atoms with Crippen LogP contribution in [0.15, 0.2) is 24.3 Å². The number of anilines is 1. The molecule has 0 bridgehead atoms. The Morgan fingerprint density at radius 3 is 2.78 bits per heavy atom. The van der Waals surface area contributed by atoms with Crippen LogP contribution in [0.2, 0.25) is 0 Å². The van der Waals surface area contributed by atoms with Crippen LogP contribution in [0, 0.1) is 0 Å². The summed E-state index contributed by atoms with van der Waals surface area (Å²) < 4.78 is 2.01. The van der Waals surface area contributed by atoms with E-state index in [1.807, 2.05) is 18.7 Å². The zero-order chi connectivity index (χ0) is 12.5. The van der Waals surface area contributed by atoms with Crippen molar-refractivity contribution in [3.05, 3.63) is 41.2 Å². The number of nitrogens with one attached hydrogen (secondary N) is 2. The van der Waals surface area contributed by atoms with Crippen LogP contribution in [-0.2, 0) is 20.0 Å². The Labute approximate surface area is 106 Å². The molecule has 2 N–H and O–H groups in total. The molecule has 0 aliphatic carbocycles. The van der Waals surface area contributed by atoms with Crippen molar-refractivity contribution in [3.8, 4) is 0 Å². The first-order valence-electron chi connectivity index (χ1n) is 6.17. The van der Waals surface area contributed by atoms with Crippen LogP contribution in [0.3, 0.4) is 0 Å². The van der Waals surface area contributed by atoms with Gasteiger partial charge in [-0.05, 0) is 17.5 Å². The van der Waals surface area contributed by atoms with Crippen molar-refractivity contribution >= 4 is 5.95 Å². The molecule has 18 heavy (non-hydrogen) atoms. The molecule has 1 aromatic heterocycles. The second-order valence-electron chi connectivity index (χ2n) is 4.60. The van der Waals surface area contributed by atoms with Gasteiger partial charge in [0.15, 0.2) is 5.82 Å². The summed E-state index contributed by atoms with van der Waals surface area (Å²) in [5.74, 6) is 1.78. The van der Waals surface area contributed by atoms with E-state index in [0.717, 1.165) is 24.7 Å². The summed E-state index contributed by atoms with van der Waals surface area (Å²) in [5, 5.41) is 15.0. The highest BCUT2D eigenvalue weighted by atomic mass is 15.3. The molecule has 2 heterocycles. The number of hydrogen-bond donors (Lipinski definition) is 2. The van der Waals surface area contributed by atoms with E-state index >= 15 is 0 Å². The molecule has 5 heteroatoms. The quantitative estimate of drug-likeness (QED) is 0.833. The van der Waals surface area contributed by atoms with Crippen LogP contribution in [0.4, 0.5) is 5.95 Å². The van der Waals surface area contributed by atoms with Gasteiger partial charge >= 0.3 is 0 Å². The van der Waals surface area contributed by atoms with Gasteiger partial charge in [0.1, 0.15) is 0 Å². The monoisotopic (exact) mass is 243 g/mol. The topological polar surface area (TPSA) is 54.8 Å². The van der Waals surface area contributed by atoms with Crippen molar-refractivity contribution < 1.29 is 0 Å². The van der Waals surface area contributed by atoms with Gasteiger partial charge in [0.2, 0.25) is 5.95 Å². The minimum Gasteiger partial charge on any atom is -0.357 e. The van der Waals surface area contributed by atoms with Crippen LogP contribution < -0.4 is 10.6 Å². The SMILES string of the molecule is CNc1nnc(C2Cc3ccccc3CN2)n1C. The molecule has 0 fully saturated rings. The Morgan fingerprint density at radius 1 is 1.28 bits per heavy atom. The lowest BCUT2D eigenvalue weighted by atomic mass is 9.95. The smallest absolute Gasteiger partial charge is 0.224 e. The normalized spacial score (nSPS) is 18.4. The average molecular weight is 243 g/mol. The van der Waals surface area contributed by atoms with Crippen LogP contribution >= 0.6 is 0 Å². The summed E-state index contributed by atoms with van der Waals surface area (Å²) in [6.45, 7) is 0.891. The molecule has 94 valence electrons. The van der Waals surface area contributed by atoms with Gasteiger partial charge in [0.25, 0.3) is 0 Å². The van der Waals surface area contributed by atoms with Crippen molar-refractivity contribution in [1.82, 2.24) is 20.1 Å².